The van der Waals surface area contributed by atoms with Crippen molar-refractivity contribution in [2.75, 3.05) is 16.0 Å². The largest absolute Gasteiger partial charge is 0.465 e. The van der Waals surface area contributed by atoms with Crippen molar-refractivity contribution in [3.8, 4) is 0 Å². The number of hydrogen-bond donors (Lipinski definition) is 4. The summed E-state index contributed by atoms with van der Waals surface area (Å²) in [5, 5.41) is 16.3. The summed E-state index contributed by atoms with van der Waals surface area (Å²) in [5.41, 5.74) is 2.12. The average Bonchev–Trinajstić information content (AvgIpc) is 2.69. The van der Waals surface area contributed by atoms with Crippen molar-refractivity contribution in [3.05, 3.63) is 82.6 Å². The zero-order valence-corrected chi connectivity index (χ0v) is 16.4. The van der Waals surface area contributed by atoms with Crippen LogP contribution in [0.3, 0.4) is 0 Å². The summed E-state index contributed by atoms with van der Waals surface area (Å²) in [5.74, 6) is -0.694. The highest BCUT2D eigenvalue weighted by atomic mass is 79.9. The second kappa shape index (κ2) is 8.98. The second-order valence-electron chi connectivity index (χ2n) is 5.84. The maximum Gasteiger partial charge on any atom is 0.409 e. The summed E-state index contributed by atoms with van der Waals surface area (Å²) >= 11 is 3.22. The normalized spacial score (nSPS) is 10.1. The number of carboxylic acid groups (broad SMARTS) is 1. The van der Waals surface area contributed by atoms with Gasteiger partial charge in [0.15, 0.2) is 0 Å². The molecule has 0 bridgehead atoms. The van der Waals surface area contributed by atoms with Gasteiger partial charge in [-0.25, -0.2) is 9.78 Å². The number of aromatic nitrogens is 1. The number of pyridine rings is 1. The molecule has 1 aromatic heterocycles. The van der Waals surface area contributed by atoms with Crippen LogP contribution in [-0.4, -0.2) is 28.0 Å². The predicted molar refractivity (Wildman–Crippen MR) is 112 cm³/mol. The number of anilines is 3. The summed E-state index contributed by atoms with van der Waals surface area (Å²) < 4.78 is 0.565. The Hall–Kier alpha value is -3.72. The minimum atomic E-state index is -1.18. The number of carbonyl (C=O) groups excluding carboxylic acids is 2. The summed E-state index contributed by atoms with van der Waals surface area (Å²) in [4.78, 5) is 39.2. The third kappa shape index (κ3) is 5.63. The van der Waals surface area contributed by atoms with Gasteiger partial charge >= 0.3 is 6.09 Å². The quantitative estimate of drug-likeness (QED) is 0.424. The van der Waals surface area contributed by atoms with E-state index in [0.29, 0.717) is 27.2 Å². The molecule has 146 valence electrons. The smallest absolute Gasteiger partial charge is 0.409 e. The third-order valence-electron chi connectivity index (χ3n) is 3.75. The van der Waals surface area contributed by atoms with Crippen LogP contribution in [0.1, 0.15) is 20.8 Å². The molecule has 29 heavy (non-hydrogen) atoms. The Bertz CT molecular complexity index is 1050. The first-order valence-corrected chi connectivity index (χ1v) is 9.15. The van der Waals surface area contributed by atoms with Gasteiger partial charge < -0.3 is 15.7 Å². The lowest BCUT2D eigenvalue weighted by Gasteiger charge is -2.08. The number of nitrogens with zero attached hydrogens (tertiary/aromatic N) is 1. The van der Waals surface area contributed by atoms with Crippen LogP contribution in [0.5, 0.6) is 0 Å². The van der Waals surface area contributed by atoms with Gasteiger partial charge in [0.25, 0.3) is 11.8 Å². The van der Waals surface area contributed by atoms with Gasteiger partial charge in [-0.15, -0.1) is 0 Å². The fourth-order valence-corrected chi connectivity index (χ4v) is 2.74. The molecule has 0 atom stereocenters. The summed E-state index contributed by atoms with van der Waals surface area (Å²) in [6, 6.07) is 17.7. The fourth-order valence-electron chi connectivity index (χ4n) is 2.40. The number of carbonyl (C=O) groups is 3. The number of nitrogens with one attached hydrogen (secondary N) is 3. The predicted octanol–water partition coefficient (Wildman–Crippen LogP) is 4.44. The maximum atomic E-state index is 12.3. The van der Waals surface area contributed by atoms with E-state index in [1.165, 1.54) is 24.3 Å². The lowest BCUT2D eigenvalue weighted by Crippen LogP contribution is -2.14. The van der Waals surface area contributed by atoms with E-state index in [4.69, 9.17) is 5.11 Å². The highest BCUT2D eigenvalue weighted by molar-refractivity contribution is 9.10. The van der Waals surface area contributed by atoms with Crippen LogP contribution in [0.15, 0.2) is 71.3 Å². The summed E-state index contributed by atoms with van der Waals surface area (Å²) in [7, 11) is 0. The van der Waals surface area contributed by atoms with E-state index in [1.807, 2.05) is 0 Å². The topological polar surface area (TPSA) is 120 Å². The minimum Gasteiger partial charge on any atom is -0.465 e. The molecule has 0 radical (unpaired) electrons. The molecular formula is C20H15BrN4O4. The Balaban J connectivity index is 1.60. The molecule has 0 saturated heterocycles. The Labute approximate surface area is 174 Å². The van der Waals surface area contributed by atoms with Crippen molar-refractivity contribution in [2.45, 2.75) is 0 Å². The van der Waals surface area contributed by atoms with E-state index < -0.39 is 6.09 Å². The van der Waals surface area contributed by atoms with Crippen LogP contribution in [-0.2, 0) is 0 Å². The molecule has 0 aliphatic heterocycles. The number of hydrogen-bond acceptors (Lipinski definition) is 4. The molecule has 8 nitrogen and oxygen atoms in total. The second-order valence-corrected chi connectivity index (χ2v) is 6.65. The standard InChI is InChI=1S/C20H15BrN4O4/c21-17-3-1-2-16(25-17)19(27)23-14-10-8-13(9-11-14)22-18(26)12-4-6-15(7-5-12)24-20(28)29/h1-11,24H,(H,22,26)(H,23,27)(H,28,29). The van der Waals surface area contributed by atoms with Gasteiger partial charge in [0.1, 0.15) is 10.3 Å². The molecule has 3 aromatic rings. The van der Waals surface area contributed by atoms with E-state index in [-0.39, 0.29) is 17.5 Å². The zero-order valence-electron chi connectivity index (χ0n) is 14.8. The molecule has 0 fully saturated rings. The maximum absolute atomic E-state index is 12.3. The molecule has 4 N–H and O–H groups in total. The number of benzene rings is 2. The molecule has 3 rings (SSSR count). The first-order valence-electron chi connectivity index (χ1n) is 8.36. The first-order chi connectivity index (χ1) is 13.9. The monoisotopic (exact) mass is 454 g/mol. The van der Waals surface area contributed by atoms with Crippen molar-refractivity contribution < 1.29 is 19.5 Å². The van der Waals surface area contributed by atoms with Gasteiger partial charge in [-0.3, -0.25) is 14.9 Å². The van der Waals surface area contributed by atoms with Crippen LogP contribution in [0.4, 0.5) is 21.9 Å². The molecule has 3 amide bonds. The molecule has 0 saturated carbocycles. The molecule has 0 spiro atoms. The summed E-state index contributed by atoms with van der Waals surface area (Å²) in [6.07, 6.45) is -1.18. The van der Waals surface area contributed by atoms with Gasteiger partial charge in [0, 0.05) is 22.6 Å². The van der Waals surface area contributed by atoms with Gasteiger partial charge in [0.05, 0.1) is 0 Å². The van der Waals surface area contributed by atoms with Crippen molar-refractivity contribution in [3.63, 3.8) is 0 Å². The van der Waals surface area contributed by atoms with Crippen molar-refractivity contribution in [2.24, 2.45) is 0 Å². The van der Waals surface area contributed by atoms with E-state index in [0.717, 1.165) is 0 Å². The highest BCUT2D eigenvalue weighted by Gasteiger charge is 2.09. The number of rotatable bonds is 5. The van der Waals surface area contributed by atoms with Gasteiger partial charge in [-0.1, -0.05) is 6.07 Å². The van der Waals surface area contributed by atoms with Crippen molar-refractivity contribution >= 4 is 50.9 Å². The van der Waals surface area contributed by atoms with Crippen molar-refractivity contribution in [1.29, 1.82) is 0 Å². The minimum absolute atomic E-state index is 0.276. The van der Waals surface area contributed by atoms with Gasteiger partial charge in [-0.2, -0.15) is 0 Å². The van der Waals surface area contributed by atoms with Crippen LogP contribution < -0.4 is 16.0 Å². The first kappa shape index (κ1) is 20.0. The molecule has 0 aliphatic rings. The van der Waals surface area contributed by atoms with Crippen LogP contribution in [0, 0.1) is 0 Å². The average molecular weight is 455 g/mol. The van der Waals surface area contributed by atoms with Gasteiger partial charge in [0.2, 0.25) is 0 Å². The van der Waals surface area contributed by atoms with Crippen LogP contribution in [0.2, 0.25) is 0 Å². The Morgan fingerprint density at radius 3 is 1.79 bits per heavy atom. The lowest BCUT2D eigenvalue weighted by molar-refractivity contribution is 0.101. The highest BCUT2D eigenvalue weighted by Crippen LogP contribution is 2.17. The van der Waals surface area contributed by atoms with E-state index in [9.17, 15) is 14.4 Å². The number of halogens is 1. The zero-order chi connectivity index (χ0) is 20.8. The van der Waals surface area contributed by atoms with E-state index in [2.05, 4.69) is 36.9 Å². The Morgan fingerprint density at radius 2 is 1.24 bits per heavy atom. The fraction of sp³-hybridized carbons (Fsp3) is 0. The lowest BCUT2D eigenvalue weighted by atomic mass is 10.2. The third-order valence-corrected chi connectivity index (χ3v) is 4.19. The van der Waals surface area contributed by atoms with E-state index >= 15 is 0 Å². The molecule has 0 unspecified atom stereocenters. The molecule has 0 aliphatic carbocycles. The van der Waals surface area contributed by atoms with Crippen LogP contribution in [0.25, 0.3) is 0 Å². The van der Waals surface area contributed by atoms with Crippen LogP contribution >= 0.6 is 15.9 Å². The Kier molecular flexibility index (Phi) is 6.20. The van der Waals surface area contributed by atoms with Crippen molar-refractivity contribution in [1.82, 2.24) is 4.98 Å². The molecular weight excluding hydrogens is 440 g/mol. The molecule has 1 heterocycles. The SMILES string of the molecule is O=C(O)Nc1ccc(C(=O)Nc2ccc(NC(=O)c3cccc(Br)n3)cc2)cc1. The van der Waals surface area contributed by atoms with E-state index in [1.54, 1.807) is 42.5 Å². The molecule has 2 aromatic carbocycles. The molecule has 9 heteroatoms. The Morgan fingerprint density at radius 1 is 0.724 bits per heavy atom. The number of amides is 3. The van der Waals surface area contributed by atoms with Gasteiger partial charge in [-0.05, 0) is 76.6 Å². The summed E-state index contributed by atoms with van der Waals surface area (Å²) in [6.45, 7) is 0.